The molecule has 0 radical (unpaired) electrons. The van der Waals surface area contributed by atoms with Crippen molar-refractivity contribution in [2.45, 2.75) is 6.18 Å². The Kier molecular flexibility index (Phi) is 5.12. The summed E-state index contributed by atoms with van der Waals surface area (Å²) in [4.78, 5) is 14.6. The molecule has 0 aliphatic rings. The molecule has 112 valence electrons. The second-order valence-corrected chi connectivity index (χ2v) is 3.77. The highest BCUT2D eigenvalue weighted by Gasteiger charge is 2.30. The van der Waals surface area contributed by atoms with E-state index >= 15 is 0 Å². The van der Waals surface area contributed by atoms with E-state index in [1.54, 1.807) is 0 Å². The standard InChI is InChI=1S/C13H11F3N2O3/c14-13(15,16)8-3-1-4-9(7-8)18-11(17)10(12(20)21)5-2-6-19/h1-7,19H,(H2,17,18)(H,20,21). The number of carboxylic acids is 1. The quantitative estimate of drug-likeness (QED) is 0.262. The highest BCUT2D eigenvalue weighted by molar-refractivity contribution is 6.18. The normalized spacial score (nSPS) is 13.7. The molecular weight excluding hydrogens is 289 g/mol. The van der Waals surface area contributed by atoms with E-state index in [4.69, 9.17) is 15.9 Å². The van der Waals surface area contributed by atoms with E-state index in [2.05, 4.69) is 4.99 Å². The summed E-state index contributed by atoms with van der Waals surface area (Å²) in [6.07, 6.45) is -1.99. The van der Waals surface area contributed by atoms with Crippen molar-refractivity contribution >= 4 is 17.5 Å². The van der Waals surface area contributed by atoms with Gasteiger partial charge in [0.1, 0.15) is 11.4 Å². The lowest BCUT2D eigenvalue weighted by atomic mass is 10.2. The first-order valence-corrected chi connectivity index (χ1v) is 5.52. The number of allylic oxidation sites excluding steroid dienone is 2. The Morgan fingerprint density at radius 1 is 1.33 bits per heavy atom. The average Bonchev–Trinajstić information content (AvgIpc) is 2.38. The van der Waals surface area contributed by atoms with Crippen molar-refractivity contribution in [3.63, 3.8) is 0 Å². The number of benzene rings is 1. The Morgan fingerprint density at radius 3 is 2.52 bits per heavy atom. The predicted molar refractivity (Wildman–Crippen MR) is 70.2 cm³/mol. The summed E-state index contributed by atoms with van der Waals surface area (Å²) in [5, 5.41) is 17.4. The smallest absolute Gasteiger partial charge is 0.416 e. The fourth-order valence-corrected chi connectivity index (χ4v) is 1.36. The molecule has 0 unspecified atom stereocenters. The second kappa shape index (κ2) is 6.60. The number of aliphatic carboxylic acids is 1. The van der Waals surface area contributed by atoms with E-state index in [-0.39, 0.29) is 5.69 Å². The molecular formula is C13H11F3N2O3. The van der Waals surface area contributed by atoms with Crippen LogP contribution in [0.2, 0.25) is 0 Å². The molecule has 4 N–H and O–H groups in total. The van der Waals surface area contributed by atoms with Gasteiger partial charge in [-0.1, -0.05) is 6.07 Å². The van der Waals surface area contributed by atoms with Gasteiger partial charge in [-0.3, -0.25) is 0 Å². The number of amidine groups is 1. The maximum absolute atomic E-state index is 12.5. The van der Waals surface area contributed by atoms with Crippen molar-refractivity contribution in [1.29, 1.82) is 0 Å². The van der Waals surface area contributed by atoms with Crippen LogP contribution in [0.25, 0.3) is 0 Å². The molecule has 0 amide bonds. The summed E-state index contributed by atoms with van der Waals surface area (Å²) >= 11 is 0. The first-order chi connectivity index (χ1) is 9.75. The lowest BCUT2D eigenvalue weighted by Gasteiger charge is -2.07. The van der Waals surface area contributed by atoms with Crippen LogP contribution in [0, 0.1) is 0 Å². The Morgan fingerprint density at radius 2 is 2.00 bits per heavy atom. The van der Waals surface area contributed by atoms with Crippen LogP contribution in [0.5, 0.6) is 0 Å². The number of hydrogen-bond donors (Lipinski definition) is 3. The van der Waals surface area contributed by atoms with Crippen LogP contribution in [-0.2, 0) is 11.0 Å². The zero-order valence-electron chi connectivity index (χ0n) is 10.5. The number of aliphatic hydroxyl groups excluding tert-OH is 1. The molecule has 0 heterocycles. The van der Waals surface area contributed by atoms with Crippen LogP contribution in [0.1, 0.15) is 5.56 Å². The average molecular weight is 300 g/mol. The molecule has 0 aliphatic carbocycles. The number of carbonyl (C=O) groups is 1. The number of carboxylic acid groups (broad SMARTS) is 1. The number of aliphatic imine (C=N–C) groups is 1. The van der Waals surface area contributed by atoms with Crippen molar-refractivity contribution in [2.75, 3.05) is 0 Å². The summed E-state index contributed by atoms with van der Waals surface area (Å²) in [5.74, 6) is -1.92. The largest absolute Gasteiger partial charge is 0.516 e. The maximum atomic E-state index is 12.5. The third-order valence-electron chi connectivity index (χ3n) is 2.28. The van der Waals surface area contributed by atoms with Gasteiger partial charge in [0.15, 0.2) is 0 Å². The Bertz CT molecular complexity index is 619. The fraction of sp³-hybridized carbons (Fsp3) is 0.0769. The van der Waals surface area contributed by atoms with E-state index in [0.29, 0.717) is 6.26 Å². The second-order valence-electron chi connectivity index (χ2n) is 3.77. The number of alkyl halides is 3. The van der Waals surface area contributed by atoms with E-state index in [1.165, 1.54) is 6.07 Å². The SMILES string of the molecule is NC(=Nc1cccc(C(F)(F)F)c1)C(=CC=CO)C(=O)O. The van der Waals surface area contributed by atoms with Crippen molar-refractivity contribution in [1.82, 2.24) is 0 Å². The molecule has 1 aromatic rings. The molecule has 0 aliphatic heterocycles. The van der Waals surface area contributed by atoms with Crippen molar-refractivity contribution in [2.24, 2.45) is 10.7 Å². The molecule has 0 bridgehead atoms. The Labute approximate surface area is 117 Å². The summed E-state index contributed by atoms with van der Waals surface area (Å²) in [7, 11) is 0. The molecule has 1 aromatic carbocycles. The minimum absolute atomic E-state index is 0.137. The lowest BCUT2D eigenvalue weighted by molar-refractivity contribution is -0.137. The highest BCUT2D eigenvalue weighted by atomic mass is 19.4. The number of rotatable bonds is 4. The lowest BCUT2D eigenvalue weighted by Crippen LogP contribution is -2.20. The van der Waals surface area contributed by atoms with Crippen LogP contribution in [-0.4, -0.2) is 22.0 Å². The zero-order chi connectivity index (χ0) is 16.0. The molecule has 0 saturated heterocycles. The minimum Gasteiger partial charge on any atom is -0.516 e. The number of nitrogens with two attached hydrogens (primary N) is 1. The summed E-state index contributed by atoms with van der Waals surface area (Å²) < 4.78 is 37.6. The zero-order valence-corrected chi connectivity index (χ0v) is 10.5. The van der Waals surface area contributed by atoms with Gasteiger partial charge in [-0.05, 0) is 30.4 Å². The minimum atomic E-state index is -4.54. The van der Waals surface area contributed by atoms with Gasteiger partial charge in [-0.2, -0.15) is 13.2 Å². The maximum Gasteiger partial charge on any atom is 0.416 e. The highest BCUT2D eigenvalue weighted by Crippen LogP contribution is 2.31. The third kappa shape index (κ3) is 4.68. The molecule has 21 heavy (non-hydrogen) atoms. The van der Waals surface area contributed by atoms with E-state index in [0.717, 1.165) is 30.4 Å². The van der Waals surface area contributed by atoms with Gasteiger partial charge >= 0.3 is 12.1 Å². The van der Waals surface area contributed by atoms with Gasteiger partial charge in [0.25, 0.3) is 0 Å². The summed E-state index contributed by atoms with van der Waals surface area (Å²) in [6.45, 7) is 0. The van der Waals surface area contributed by atoms with Crippen molar-refractivity contribution in [3.8, 4) is 0 Å². The van der Waals surface area contributed by atoms with Gasteiger partial charge < -0.3 is 15.9 Å². The van der Waals surface area contributed by atoms with Gasteiger partial charge in [0.2, 0.25) is 0 Å². The molecule has 5 nitrogen and oxygen atoms in total. The number of aliphatic hydroxyl groups is 1. The van der Waals surface area contributed by atoms with Crippen LogP contribution in [0.3, 0.4) is 0 Å². The first kappa shape index (κ1) is 16.3. The van der Waals surface area contributed by atoms with Crippen LogP contribution in [0.4, 0.5) is 18.9 Å². The predicted octanol–water partition coefficient (Wildman–Crippen LogP) is 2.78. The van der Waals surface area contributed by atoms with E-state index in [9.17, 15) is 18.0 Å². The van der Waals surface area contributed by atoms with Gasteiger partial charge in [0.05, 0.1) is 17.5 Å². The summed E-state index contributed by atoms with van der Waals surface area (Å²) in [5.41, 5.74) is 3.93. The molecule has 0 saturated carbocycles. The molecule has 1 rings (SSSR count). The molecule has 0 atom stereocenters. The van der Waals surface area contributed by atoms with Gasteiger partial charge in [-0.15, -0.1) is 0 Å². The van der Waals surface area contributed by atoms with Crippen molar-refractivity contribution < 1.29 is 28.2 Å². The topological polar surface area (TPSA) is 95.9 Å². The number of hydrogen-bond acceptors (Lipinski definition) is 3. The number of nitrogens with zero attached hydrogens (tertiary/aromatic N) is 1. The molecule has 0 spiro atoms. The van der Waals surface area contributed by atoms with Crippen LogP contribution < -0.4 is 5.73 Å². The van der Waals surface area contributed by atoms with Crippen molar-refractivity contribution in [3.05, 3.63) is 53.8 Å². The van der Waals surface area contributed by atoms with E-state index < -0.39 is 29.1 Å². The van der Waals surface area contributed by atoms with Gasteiger partial charge in [-0.25, -0.2) is 9.79 Å². The molecule has 8 heteroatoms. The first-order valence-electron chi connectivity index (χ1n) is 5.52. The van der Waals surface area contributed by atoms with Crippen LogP contribution >= 0.6 is 0 Å². The van der Waals surface area contributed by atoms with E-state index in [1.807, 2.05) is 0 Å². The molecule has 0 aromatic heterocycles. The fourth-order valence-electron chi connectivity index (χ4n) is 1.36. The summed E-state index contributed by atoms with van der Waals surface area (Å²) in [6, 6.07) is 3.99. The molecule has 0 fully saturated rings. The Hall–Kier alpha value is -2.77. The van der Waals surface area contributed by atoms with Crippen LogP contribution in [0.15, 0.2) is 53.2 Å². The Balaban J connectivity index is 3.20. The number of halogens is 3. The monoisotopic (exact) mass is 300 g/mol. The van der Waals surface area contributed by atoms with Gasteiger partial charge in [0, 0.05) is 0 Å². The third-order valence-corrected chi connectivity index (χ3v) is 2.28.